The summed E-state index contributed by atoms with van der Waals surface area (Å²) in [6.45, 7) is 4.28. The molecule has 0 amide bonds. The van der Waals surface area contributed by atoms with Crippen LogP contribution in [-0.2, 0) is 0 Å². The smallest absolute Gasteiger partial charge is 0.0269 e. The maximum Gasteiger partial charge on any atom is 0.0269 e. The third kappa shape index (κ3) is 4.57. The van der Waals surface area contributed by atoms with Crippen LogP contribution in [0.25, 0.3) is 0 Å². The van der Waals surface area contributed by atoms with E-state index in [1.165, 1.54) is 20.8 Å². The van der Waals surface area contributed by atoms with Crippen molar-refractivity contribution in [2.45, 2.75) is 78.4 Å². The van der Waals surface area contributed by atoms with Crippen LogP contribution in [0.1, 0.15) is 89.3 Å². The quantitative estimate of drug-likeness (QED) is 0.558. The molecule has 1 saturated carbocycles. The summed E-state index contributed by atoms with van der Waals surface area (Å²) in [4.78, 5) is 0. The molecule has 0 aromatic heterocycles. The van der Waals surface area contributed by atoms with Crippen LogP contribution in [0.4, 0.5) is 0 Å². The second-order valence-electron chi connectivity index (χ2n) is 4.65. The highest BCUT2D eigenvalue weighted by Gasteiger charge is 2.27. The normalized spacial score (nSPS) is 43.5. The molecule has 2 atom stereocenters. The molecule has 0 spiro atoms. The van der Waals surface area contributed by atoms with Crippen molar-refractivity contribution in [2.24, 2.45) is 17.8 Å². The fourth-order valence-electron chi connectivity index (χ4n) is 2.80. The van der Waals surface area contributed by atoms with Gasteiger partial charge in [0.05, 0.1) is 0 Å². The summed E-state index contributed by atoms with van der Waals surface area (Å²) in [6, 6.07) is 0. The monoisotopic (exact) mass is 218 g/mol. The minimum Gasteiger partial charge on any atom is -0.0654 e. The predicted octanol–water partition coefficient (Wildman–Crippen LogP) is 5.42. The maximum absolute atomic E-state index is 8.22. The van der Waals surface area contributed by atoms with Crippen molar-refractivity contribution in [2.75, 3.05) is 0 Å². The topological polar surface area (TPSA) is 0 Å². The van der Waals surface area contributed by atoms with E-state index in [0.29, 0.717) is 32.1 Å². The lowest BCUT2D eigenvalue weighted by molar-refractivity contribution is 0.169. The Morgan fingerprint density at radius 3 is 1.67 bits per heavy atom. The van der Waals surface area contributed by atoms with Crippen LogP contribution >= 0.6 is 0 Å². The summed E-state index contributed by atoms with van der Waals surface area (Å²) < 4.78 is 63.2. The van der Waals surface area contributed by atoms with Crippen LogP contribution in [0.2, 0.25) is 0 Å². The summed E-state index contributed by atoms with van der Waals surface area (Å²) in [5.41, 5.74) is 0. The van der Waals surface area contributed by atoms with Gasteiger partial charge in [-0.3, -0.25) is 0 Å². The van der Waals surface area contributed by atoms with E-state index < -0.39 is 31.4 Å². The zero-order chi connectivity index (χ0) is 18.3. The molecular weight excluding hydrogens is 180 g/mol. The summed E-state index contributed by atoms with van der Waals surface area (Å²) >= 11 is 0. The molecule has 15 heavy (non-hydrogen) atoms. The Kier molecular flexibility index (Phi) is 2.71. The largest absolute Gasteiger partial charge is 0.0654 e. The van der Waals surface area contributed by atoms with E-state index in [0.717, 1.165) is 0 Å². The lowest BCUT2D eigenvalue weighted by atomic mass is 9.71. The lowest BCUT2D eigenvalue weighted by Gasteiger charge is -2.35. The molecule has 0 nitrogen and oxygen atoms in total. The molecule has 0 aromatic rings. The van der Waals surface area contributed by atoms with Crippen LogP contribution in [0.15, 0.2) is 0 Å². The van der Waals surface area contributed by atoms with Gasteiger partial charge in [0.2, 0.25) is 0 Å². The van der Waals surface area contributed by atoms with Crippen molar-refractivity contribution in [3.8, 4) is 0 Å². The van der Waals surface area contributed by atoms with Gasteiger partial charge in [0.15, 0.2) is 0 Å². The van der Waals surface area contributed by atoms with Crippen molar-refractivity contribution in [3.63, 3.8) is 0 Å². The molecule has 0 aliphatic heterocycles. The number of rotatable bonds is 6. The fraction of sp³-hybridized carbons (Fsp3) is 1.00. The van der Waals surface area contributed by atoms with Crippen LogP contribution in [0.3, 0.4) is 0 Å². The van der Waals surface area contributed by atoms with Crippen molar-refractivity contribution in [1.29, 1.82) is 0 Å². The van der Waals surface area contributed by atoms with Gasteiger partial charge in [-0.05, 0) is 37.0 Å². The standard InChI is InChI=1S/C15H30/c1-4-7-13-10-14(8-5-2)12-15(11-13)9-6-3/h13-15H,4-12H2,1-3H3/i4D2,5D2,6D2,7D2. The third-order valence-electron chi connectivity index (χ3n) is 3.24. The predicted molar refractivity (Wildman–Crippen MR) is 69.0 cm³/mol. The molecule has 90 valence electrons. The summed E-state index contributed by atoms with van der Waals surface area (Å²) in [7, 11) is 0. The molecule has 2 unspecified atom stereocenters. The first-order chi connectivity index (χ1) is 10.0. The molecule has 0 aromatic carbocycles. The Labute approximate surface area is 108 Å². The van der Waals surface area contributed by atoms with Crippen LogP contribution in [0, 0.1) is 17.8 Å². The Hall–Kier alpha value is 0. The average Bonchev–Trinajstić information content (AvgIpc) is 2.21. The Balaban J connectivity index is 2.97. The molecule has 0 N–H and O–H groups in total. The van der Waals surface area contributed by atoms with Gasteiger partial charge in [-0.25, -0.2) is 0 Å². The Bertz CT molecular complexity index is 364. The van der Waals surface area contributed by atoms with Gasteiger partial charge < -0.3 is 0 Å². The highest BCUT2D eigenvalue weighted by molar-refractivity contribution is 4.78. The molecular formula is C15H30. The maximum atomic E-state index is 8.22. The molecule has 0 heterocycles. The highest BCUT2D eigenvalue weighted by atomic mass is 14.3. The second kappa shape index (κ2) is 7.30. The Morgan fingerprint density at radius 1 is 0.800 bits per heavy atom. The summed E-state index contributed by atoms with van der Waals surface area (Å²) in [6.07, 6.45) is -4.40. The van der Waals surface area contributed by atoms with E-state index in [1.807, 2.05) is 0 Å². The van der Waals surface area contributed by atoms with Crippen LogP contribution in [0.5, 0.6) is 0 Å². The van der Waals surface area contributed by atoms with E-state index in [1.54, 1.807) is 0 Å². The molecule has 1 rings (SSSR count). The first kappa shape index (κ1) is 5.56. The lowest BCUT2D eigenvalue weighted by Crippen LogP contribution is -2.22. The highest BCUT2D eigenvalue weighted by Crippen LogP contribution is 2.39. The summed E-state index contributed by atoms with van der Waals surface area (Å²) in [5, 5.41) is 0. The minimum absolute atomic E-state index is 0.0291. The van der Waals surface area contributed by atoms with Crippen molar-refractivity contribution < 1.29 is 11.0 Å². The van der Waals surface area contributed by atoms with E-state index in [4.69, 9.17) is 11.0 Å². The molecule has 0 radical (unpaired) electrons. The molecule has 1 aliphatic rings. The van der Waals surface area contributed by atoms with E-state index >= 15 is 0 Å². The first-order valence-corrected chi connectivity index (χ1v) is 6.01. The van der Waals surface area contributed by atoms with Gasteiger partial charge in [0.1, 0.15) is 0 Å². The van der Waals surface area contributed by atoms with Crippen molar-refractivity contribution >= 4 is 0 Å². The third-order valence-corrected chi connectivity index (χ3v) is 3.24. The van der Waals surface area contributed by atoms with Gasteiger partial charge in [-0.1, -0.05) is 59.1 Å². The van der Waals surface area contributed by atoms with Gasteiger partial charge in [-0.2, -0.15) is 0 Å². The zero-order valence-electron chi connectivity index (χ0n) is 18.3. The van der Waals surface area contributed by atoms with E-state index in [-0.39, 0.29) is 11.8 Å². The van der Waals surface area contributed by atoms with Crippen molar-refractivity contribution in [1.82, 2.24) is 0 Å². The van der Waals surface area contributed by atoms with Gasteiger partial charge in [0.25, 0.3) is 0 Å². The SMILES string of the molecule is [2H]C([2H])(C)CC1CC(CC([2H])([2H])C)CC(C([2H])([2H])C([2H])([2H])C)C1. The van der Waals surface area contributed by atoms with Gasteiger partial charge >= 0.3 is 0 Å². The summed E-state index contributed by atoms with van der Waals surface area (Å²) in [5.74, 6) is -0.562. The van der Waals surface area contributed by atoms with Gasteiger partial charge in [0, 0.05) is 11.0 Å². The zero-order valence-corrected chi connectivity index (χ0v) is 10.3. The van der Waals surface area contributed by atoms with E-state index in [9.17, 15) is 0 Å². The van der Waals surface area contributed by atoms with Crippen LogP contribution < -0.4 is 0 Å². The molecule has 1 aliphatic carbocycles. The average molecular weight is 218 g/mol. The van der Waals surface area contributed by atoms with Gasteiger partial charge in [-0.15, -0.1) is 0 Å². The molecule has 0 bridgehead atoms. The number of hydrogen-bond donors (Lipinski definition) is 0. The number of hydrogen-bond acceptors (Lipinski definition) is 0. The molecule has 0 saturated heterocycles. The Morgan fingerprint density at radius 2 is 1.27 bits per heavy atom. The molecule has 1 fully saturated rings. The fourth-order valence-corrected chi connectivity index (χ4v) is 2.80. The first-order valence-electron chi connectivity index (χ1n) is 10.0. The van der Waals surface area contributed by atoms with E-state index in [2.05, 4.69) is 0 Å². The molecule has 0 heteroatoms. The van der Waals surface area contributed by atoms with Crippen LogP contribution in [-0.4, -0.2) is 0 Å². The minimum atomic E-state index is -2.00. The van der Waals surface area contributed by atoms with Crippen molar-refractivity contribution in [3.05, 3.63) is 0 Å². The second-order valence-corrected chi connectivity index (χ2v) is 4.65.